The molecular weight excluding hydrogens is 483 g/mol. The van der Waals surface area contributed by atoms with Gasteiger partial charge in [-0.15, -0.1) is 0 Å². The van der Waals surface area contributed by atoms with Crippen LogP contribution in [0.1, 0.15) is 27.0 Å². The van der Waals surface area contributed by atoms with Crippen LogP contribution in [-0.2, 0) is 13.2 Å². The fourth-order valence-corrected chi connectivity index (χ4v) is 3.54. The molecule has 4 rings (SSSR count). The standard InChI is InChI=1S/C28H22Cl2N2O3/c29-25-14-13-22(16-26(25)30)19-34-23-10-6-9-21(15-23)17-31-32-28(33)24-11-4-5-12-27(24)35-18-20-7-2-1-3-8-20/h1-17H,18-19H2,(H,32,33)/b31-17-. The maximum atomic E-state index is 12.7. The molecule has 0 aromatic heterocycles. The van der Waals surface area contributed by atoms with Crippen molar-refractivity contribution in [3.05, 3.63) is 129 Å². The first-order valence-electron chi connectivity index (χ1n) is 10.8. The Labute approximate surface area is 213 Å². The Morgan fingerprint density at radius 1 is 0.771 bits per heavy atom. The van der Waals surface area contributed by atoms with Crippen molar-refractivity contribution in [2.24, 2.45) is 5.10 Å². The number of nitrogens with one attached hydrogen (secondary N) is 1. The average molecular weight is 505 g/mol. The van der Waals surface area contributed by atoms with Gasteiger partial charge in [0, 0.05) is 0 Å². The van der Waals surface area contributed by atoms with Gasteiger partial charge in [0.2, 0.25) is 0 Å². The van der Waals surface area contributed by atoms with Crippen LogP contribution in [0.2, 0.25) is 10.0 Å². The van der Waals surface area contributed by atoms with Crippen LogP contribution in [-0.4, -0.2) is 12.1 Å². The summed E-state index contributed by atoms with van der Waals surface area (Å²) in [7, 11) is 0. The van der Waals surface area contributed by atoms with E-state index in [1.807, 2.05) is 66.7 Å². The lowest BCUT2D eigenvalue weighted by atomic mass is 10.2. The number of rotatable bonds is 9. The number of ether oxygens (including phenoxy) is 2. The molecule has 176 valence electrons. The SMILES string of the molecule is O=C(N/N=C\c1cccc(OCc2ccc(Cl)c(Cl)c2)c1)c1ccccc1OCc1ccccc1. The molecular formula is C28H22Cl2N2O3. The molecule has 0 unspecified atom stereocenters. The van der Waals surface area contributed by atoms with E-state index in [1.165, 1.54) is 0 Å². The fourth-order valence-electron chi connectivity index (χ4n) is 3.22. The number of hydrogen-bond acceptors (Lipinski definition) is 4. The molecule has 0 heterocycles. The van der Waals surface area contributed by atoms with Crippen LogP contribution >= 0.6 is 23.2 Å². The van der Waals surface area contributed by atoms with E-state index < -0.39 is 0 Å². The second-order valence-electron chi connectivity index (χ2n) is 7.58. The summed E-state index contributed by atoms with van der Waals surface area (Å²) in [4.78, 5) is 12.7. The Morgan fingerprint density at radius 3 is 2.37 bits per heavy atom. The number of carbonyl (C=O) groups is 1. The van der Waals surface area contributed by atoms with Crippen molar-refractivity contribution in [1.29, 1.82) is 0 Å². The highest BCUT2D eigenvalue weighted by atomic mass is 35.5. The third-order valence-electron chi connectivity index (χ3n) is 5.00. The number of para-hydroxylation sites is 1. The zero-order valence-corrected chi connectivity index (χ0v) is 20.2. The van der Waals surface area contributed by atoms with Gasteiger partial charge in [0.1, 0.15) is 24.7 Å². The zero-order valence-electron chi connectivity index (χ0n) is 18.7. The Bertz CT molecular complexity index is 1330. The Hall–Kier alpha value is -3.80. The van der Waals surface area contributed by atoms with Crippen LogP contribution in [0.4, 0.5) is 0 Å². The summed E-state index contributed by atoms with van der Waals surface area (Å²) >= 11 is 12.0. The van der Waals surface area contributed by atoms with Gasteiger partial charge in [-0.1, -0.05) is 83.9 Å². The first kappa shape index (κ1) is 24.3. The summed E-state index contributed by atoms with van der Waals surface area (Å²) in [6, 6.07) is 29.6. The van der Waals surface area contributed by atoms with E-state index >= 15 is 0 Å². The molecule has 5 nitrogen and oxygen atoms in total. The minimum absolute atomic E-state index is 0.341. The maximum Gasteiger partial charge on any atom is 0.275 e. The molecule has 0 fully saturated rings. The molecule has 0 aliphatic carbocycles. The van der Waals surface area contributed by atoms with Gasteiger partial charge < -0.3 is 9.47 Å². The van der Waals surface area contributed by atoms with Crippen LogP contribution in [0, 0.1) is 0 Å². The van der Waals surface area contributed by atoms with Crippen molar-refractivity contribution < 1.29 is 14.3 Å². The average Bonchev–Trinajstić information content (AvgIpc) is 2.89. The number of nitrogens with zero attached hydrogens (tertiary/aromatic N) is 1. The molecule has 4 aromatic carbocycles. The van der Waals surface area contributed by atoms with Crippen LogP contribution in [0.3, 0.4) is 0 Å². The fraction of sp³-hybridized carbons (Fsp3) is 0.0714. The van der Waals surface area contributed by atoms with Gasteiger partial charge in [-0.05, 0) is 53.1 Å². The number of carbonyl (C=O) groups excluding carboxylic acids is 1. The predicted octanol–water partition coefficient (Wildman–Crippen LogP) is 6.92. The van der Waals surface area contributed by atoms with Crippen molar-refractivity contribution in [3.8, 4) is 11.5 Å². The Balaban J connectivity index is 1.34. The van der Waals surface area contributed by atoms with Gasteiger partial charge in [-0.3, -0.25) is 4.79 Å². The summed E-state index contributed by atoms with van der Waals surface area (Å²) in [6.45, 7) is 0.706. The van der Waals surface area contributed by atoms with Gasteiger partial charge in [-0.2, -0.15) is 5.10 Å². The largest absolute Gasteiger partial charge is 0.489 e. The lowest BCUT2D eigenvalue weighted by Crippen LogP contribution is -2.18. The van der Waals surface area contributed by atoms with Crippen LogP contribution in [0.15, 0.2) is 102 Å². The highest BCUT2D eigenvalue weighted by molar-refractivity contribution is 6.42. The molecule has 0 aliphatic heterocycles. The summed E-state index contributed by atoms with van der Waals surface area (Å²) in [5.74, 6) is 0.782. The number of hydrazone groups is 1. The van der Waals surface area contributed by atoms with E-state index in [0.29, 0.717) is 40.3 Å². The monoisotopic (exact) mass is 504 g/mol. The van der Waals surface area contributed by atoms with Crippen molar-refractivity contribution >= 4 is 35.3 Å². The van der Waals surface area contributed by atoms with E-state index in [1.54, 1.807) is 36.5 Å². The van der Waals surface area contributed by atoms with E-state index in [-0.39, 0.29) is 5.91 Å². The number of amides is 1. The predicted molar refractivity (Wildman–Crippen MR) is 140 cm³/mol. The van der Waals surface area contributed by atoms with E-state index in [9.17, 15) is 4.79 Å². The molecule has 7 heteroatoms. The highest BCUT2D eigenvalue weighted by Gasteiger charge is 2.11. The molecule has 0 radical (unpaired) electrons. The molecule has 1 amide bonds. The molecule has 4 aromatic rings. The summed E-state index contributed by atoms with van der Waals surface area (Å²) in [6.07, 6.45) is 1.55. The molecule has 0 spiro atoms. The first-order valence-corrected chi connectivity index (χ1v) is 11.6. The number of hydrogen-bond donors (Lipinski definition) is 1. The Kier molecular flexibility index (Phi) is 8.39. The van der Waals surface area contributed by atoms with Crippen LogP contribution in [0.25, 0.3) is 0 Å². The molecule has 0 bridgehead atoms. The third-order valence-corrected chi connectivity index (χ3v) is 5.74. The number of benzene rings is 4. The van der Waals surface area contributed by atoms with E-state index in [4.69, 9.17) is 32.7 Å². The van der Waals surface area contributed by atoms with Gasteiger partial charge in [0.25, 0.3) is 5.91 Å². The summed E-state index contributed by atoms with van der Waals surface area (Å²) in [5, 5.41) is 5.07. The molecule has 0 atom stereocenters. The lowest BCUT2D eigenvalue weighted by molar-refractivity contribution is 0.0950. The van der Waals surface area contributed by atoms with E-state index in [2.05, 4.69) is 10.5 Å². The minimum atomic E-state index is -0.364. The van der Waals surface area contributed by atoms with Gasteiger partial charge in [0.05, 0.1) is 21.8 Å². The lowest BCUT2D eigenvalue weighted by Gasteiger charge is -2.10. The Morgan fingerprint density at radius 2 is 1.54 bits per heavy atom. The summed E-state index contributed by atoms with van der Waals surface area (Å²) in [5.41, 5.74) is 5.65. The number of halogens is 2. The molecule has 35 heavy (non-hydrogen) atoms. The second kappa shape index (κ2) is 12.1. The summed E-state index contributed by atoms with van der Waals surface area (Å²) < 4.78 is 11.7. The smallest absolute Gasteiger partial charge is 0.275 e. The van der Waals surface area contributed by atoms with Crippen molar-refractivity contribution in [1.82, 2.24) is 5.43 Å². The topological polar surface area (TPSA) is 59.9 Å². The second-order valence-corrected chi connectivity index (χ2v) is 8.39. The molecule has 0 saturated heterocycles. The van der Waals surface area contributed by atoms with Crippen LogP contribution in [0.5, 0.6) is 11.5 Å². The van der Waals surface area contributed by atoms with Crippen LogP contribution < -0.4 is 14.9 Å². The zero-order chi connectivity index (χ0) is 24.5. The highest BCUT2D eigenvalue weighted by Crippen LogP contribution is 2.24. The van der Waals surface area contributed by atoms with Gasteiger partial charge in [-0.25, -0.2) is 5.43 Å². The van der Waals surface area contributed by atoms with Gasteiger partial charge in [0.15, 0.2) is 0 Å². The molecule has 0 saturated carbocycles. The maximum absolute atomic E-state index is 12.7. The third kappa shape index (κ3) is 7.09. The van der Waals surface area contributed by atoms with E-state index in [0.717, 1.165) is 16.7 Å². The van der Waals surface area contributed by atoms with Crippen molar-refractivity contribution in [3.63, 3.8) is 0 Å². The van der Waals surface area contributed by atoms with Crippen molar-refractivity contribution in [2.75, 3.05) is 0 Å². The quantitative estimate of drug-likeness (QED) is 0.199. The first-order chi connectivity index (χ1) is 17.1. The minimum Gasteiger partial charge on any atom is -0.489 e. The molecule has 0 aliphatic rings. The normalized spacial score (nSPS) is 10.8. The molecule has 1 N–H and O–H groups in total. The van der Waals surface area contributed by atoms with Crippen molar-refractivity contribution in [2.45, 2.75) is 13.2 Å². The van der Waals surface area contributed by atoms with Gasteiger partial charge >= 0.3 is 0 Å².